The molecular weight excluding hydrogens is 173 g/mol. The topological polar surface area (TPSA) is 69.1 Å². The molecule has 68 valence electrons. The van der Waals surface area contributed by atoms with Crippen LogP contribution in [0, 0.1) is 0 Å². The molecule has 0 aromatic rings. The van der Waals surface area contributed by atoms with Gasteiger partial charge in [0.2, 0.25) is 5.91 Å². The van der Waals surface area contributed by atoms with Gasteiger partial charge < -0.3 is 11.5 Å². The number of hydrogen-bond donors (Lipinski definition) is 2. The number of allylic oxidation sites excluding steroid dienone is 1. The summed E-state index contributed by atoms with van der Waals surface area (Å²) in [6.45, 7) is 0. The third kappa shape index (κ3) is 1.58. The second-order valence-corrected chi connectivity index (χ2v) is 2.72. The van der Waals surface area contributed by atoms with Gasteiger partial charge in [0.25, 0.3) is 0 Å². The van der Waals surface area contributed by atoms with E-state index >= 15 is 0 Å². The third-order valence-electron chi connectivity index (χ3n) is 1.69. The van der Waals surface area contributed by atoms with E-state index in [1.165, 1.54) is 0 Å². The van der Waals surface area contributed by atoms with Crippen molar-refractivity contribution >= 4 is 5.91 Å². The van der Waals surface area contributed by atoms with Gasteiger partial charge >= 0.3 is 6.18 Å². The summed E-state index contributed by atoms with van der Waals surface area (Å²) in [7, 11) is 0. The maximum atomic E-state index is 11.7. The Morgan fingerprint density at radius 3 is 2.33 bits per heavy atom. The normalized spacial score (nSPS) is 32.2. The van der Waals surface area contributed by atoms with Crippen molar-refractivity contribution in [3.8, 4) is 0 Å². The monoisotopic (exact) mass is 180 g/mol. The summed E-state index contributed by atoms with van der Waals surface area (Å²) in [4.78, 5) is 10.5. The summed E-state index contributed by atoms with van der Waals surface area (Å²) in [5, 5.41) is 0. The van der Waals surface area contributed by atoms with Gasteiger partial charge in [-0.25, -0.2) is 0 Å². The lowest BCUT2D eigenvalue weighted by molar-refractivity contribution is -0.119. The van der Waals surface area contributed by atoms with Crippen molar-refractivity contribution in [1.29, 1.82) is 0 Å². The second kappa shape index (κ2) is 2.22. The molecule has 0 bridgehead atoms. The van der Waals surface area contributed by atoms with Crippen LogP contribution >= 0.6 is 0 Å². The zero-order valence-electron chi connectivity index (χ0n) is 5.98. The van der Waals surface area contributed by atoms with E-state index in [4.69, 9.17) is 11.5 Å². The predicted molar refractivity (Wildman–Crippen MR) is 34.9 cm³/mol. The predicted octanol–water partition coefficient (Wildman–Crippen LogP) is 0.0616. The SMILES string of the molecule is NC(=O)C1(N)C/C1=C\C(F)(F)F. The minimum Gasteiger partial charge on any atom is -0.368 e. The van der Waals surface area contributed by atoms with Crippen LogP contribution in [0.1, 0.15) is 6.42 Å². The van der Waals surface area contributed by atoms with Crippen molar-refractivity contribution in [3.05, 3.63) is 11.6 Å². The Hall–Kier alpha value is -1.04. The van der Waals surface area contributed by atoms with Gasteiger partial charge in [-0.3, -0.25) is 4.79 Å². The molecule has 6 heteroatoms. The summed E-state index contributed by atoms with van der Waals surface area (Å²) in [6, 6.07) is 0. The minimum absolute atomic E-state index is 0.0256. The third-order valence-corrected chi connectivity index (χ3v) is 1.69. The quantitative estimate of drug-likeness (QED) is 0.560. The van der Waals surface area contributed by atoms with E-state index in [0.29, 0.717) is 0 Å². The summed E-state index contributed by atoms with van der Waals surface area (Å²) in [6.07, 6.45) is -4.49. The van der Waals surface area contributed by atoms with Gasteiger partial charge in [-0.1, -0.05) is 0 Å². The Bertz CT molecular complexity index is 258. The highest BCUT2D eigenvalue weighted by Gasteiger charge is 2.52. The summed E-state index contributed by atoms with van der Waals surface area (Å²) >= 11 is 0. The van der Waals surface area contributed by atoms with Gasteiger partial charge in [0.15, 0.2) is 0 Å². The Labute approximate surface area is 66.2 Å². The van der Waals surface area contributed by atoms with E-state index < -0.39 is 17.6 Å². The van der Waals surface area contributed by atoms with E-state index in [-0.39, 0.29) is 18.1 Å². The molecule has 4 N–H and O–H groups in total. The molecule has 1 rings (SSSR count). The van der Waals surface area contributed by atoms with Crippen LogP contribution in [-0.2, 0) is 4.79 Å². The maximum absolute atomic E-state index is 11.7. The molecule has 0 radical (unpaired) electrons. The first-order chi connectivity index (χ1) is 5.26. The van der Waals surface area contributed by atoms with Gasteiger partial charge in [-0.15, -0.1) is 0 Å². The number of nitrogens with two attached hydrogens (primary N) is 2. The Kier molecular flexibility index (Phi) is 1.68. The van der Waals surface area contributed by atoms with Gasteiger partial charge in [-0.05, 0) is 5.57 Å². The van der Waals surface area contributed by atoms with Crippen LogP contribution in [0.2, 0.25) is 0 Å². The van der Waals surface area contributed by atoms with Crippen LogP contribution < -0.4 is 11.5 Å². The first-order valence-electron chi connectivity index (χ1n) is 3.13. The highest BCUT2D eigenvalue weighted by molar-refractivity contribution is 5.94. The van der Waals surface area contributed by atoms with Crippen LogP contribution in [0.4, 0.5) is 13.2 Å². The highest BCUT2D eigenvalue weighted by atomic mass is 19.4. The van der Waals surface area contributed by atoms with Crippen molar-refractivity contribution in [2.24, 2.45) is 11.5 Å². The molecule has 12 heavy (non-hydrogen) atoms. The summed E-state index contributed by atoms with van der Waals surface area (Å²) < 4.78 is 35.0. The highest BCUT2D eigenvalue weighted by Crippen LogP contribution is 2.42. The standard InChI is InChI=1S/C6H7F3N2O/c7-6(8,9)2-3-1-5(3,11)4(10)12/h2H,1,11H2,(H2,10,12)/b3-2+. The fourth-order valence-electron chi connectivity index (χ4n) is 0.879. The summed E-state index contributed by atoms with van der Waals surface area (Å²) in [5.74, 6) is -0.919. The molecule has 1 unspecified atom stereocenters. The van der Waals surface area contributed by atoms with Crippen molar-refractivity contribution in [3.63, 3.8) is 0 Å². The average Bonchev–Trinajstić information content (AvgIpc) is 2.38. The van der Waals surface area contributed by atoms with Crippen molar-refractivity contribution < 1.29 is 18.0 Å². The molecule has 1 saturated carbocycles. The van der Waals surface area contributed by atoms with Crippen molar-refractivity contribution in [2.45, 2.75) is 18.1 Å². The fraction of sp³-hybridized carbons (Fsp3) is 0.500. The van der Waals surface area contributed by atoms with Crippen LogP contribution in [0.3, 0.4) is 0 Å². The van der Waals surface area contributed by atoms with E-state index in [9.17, 15) is 18.0 Å². The molecule has 1 fully saturated rings. The zero-order valence-corrected chi connectivity index (χ0v) is 5.98. The lowest BCUT2D eigenvalue weighted by Crippen LogP contribution is -2.39. The van der Waals surface area contributed by atoms with E-state index in [2.05, 4.69) is 0 Å². The number of carbonyl (C=O) groups excluding carboxylic acids is 1. The fourth-order valence-corrected chi connectivity index (χ4v) is 0.879. The molecule has 1 amide bonds. The smallest absolute Gasteiger partial charge is 0.368 e. The average molecular weight is 180 g/mol. The second-order valence-electron chi connectivity index (χ2n) is 2.72. The lowest BCUT2D eigenvalue weighted by atomic mass is 10.2. The molecule has 1 aliphatic carbocycles. The number of amides is 1. The number of rotatable bonds is 1. The van der Waals surface area contributed by atoms with Crippen LogP contribution in [0.15, 0.2) is 11.6 Å². The Balaban J connectivity index is 2.75. The molecule has 0 heterocycles. The number of alkyl halides is 3. The lowest BCUT2D eigenvalue weighted by Gasteiger charge is -2.01. The molecule has 0 aromatic heterocycles. The molecule has 3 nitrogen and oxygen atoms in total. The number of hydrogen-bond acceptors (Lipinski definition) is 2. The van der Waals surface area contributed by atoms with E-state index in [1.54, 1.807) is 0 Å². The van der Waals surface area contributed by atoms with Crippen LogP contribution in [0.25, 0.3) is 0 Å². The van der Waals surface area contributed by atoms with Crippen molar-refractivity contribution in [2.75, 3.05) is 0 Å². The molecular formula is C6H7F3N2O. The Morgan fingerprint density at radius 1 is 1.58 bits per heavy atom. The largest absolute Gasteiger partial charge is 0.409 e. The van der Waals surface area contributed by atoms with Crippen molar-refractivity contribution in [1.82, 2.24) is 0 Å². The Morgan fingerprint density at radius 2 is 2.08 bits per heavy atom. The van der Waals surface area contributed by atoms with Gasteiger partial charge in [0.1, 0.15) is 5.54 Å². The van der Waals surface area contributed by atoms with Gasteiger partial charge in [0.05, 0.1) is 0 Å². The van der Waals surface area contributed by atoms with E-state index in [1.807, 2.05) is 0 Å². The maximum Gasteiger partial charge on any atom is 0.409 e. The van der Waals surface area contributed by atoms with Gasteiger partial charge in [0, 0.05) is 12.5 Å². The molecule has 0 aliphatic heterocycles. The zero-order chi connectivity index (χ0) is 9.57. The summed E-state index contributed by atoms with van der Waals surface area (Å²) in [5.41, 5.74) is 8.27. The molecule has 1 aliphatic rings. The molecule has 1 atom stereocenters. The molecule has 0 saturated heterocycles. The number of halogens is 3. The number of carbonyl (C=O) groups is 1. The molecule has 0 aromatic carbocycles. The minimum atomic E-state index is -4.42. The van der Waals surface area contributed by atoms with Crippen LogP contribution in [0.5, 0.6) is 0 Å². The number of primary amides is 1. The van der Waals surface area contributed by atoms with E-state index in [0.717, 1.165) is 0 Å². The van der Waals surface area contributed by atoms with Crippen LogP contribution in [-0.4, -0.2) is 17.6 Å². The first-order valence-corrected chi connectivity index (χ1v) is 3.13. The molecule has 0 spiro atoms. The first kappa shape index (κ1) is 9.05. The van der Waals surface area contributed by atoms with Gasteiger partial charge in [-0.2, -0.15) is 13.2 Å².